The third kappa shape index (κ3) is 4.91. The molecule has 25 heavy (non-hydrogen) atoms. The second-order valence-electron chi connectivity index (χ2n) is 5.26. The highest BCUT2D eigenvalue weighted by Crippen LogP contribution is 2.32. The van der Waals surface area contributed by atoms with E-state index in [1.54, 1.807) is 19.9 Å². The van der Waals surface area contributed by atoms with Gasteiger partial charge in [-0.15, -0.1) is 5.10 Å². The van der Waals surface area contributed by atoms with Crippen LogP contribution in [0.1, 0.15) is 25.0 Å². The fourth-order valence-electron chi connectivity index (χ4n) is 1.87. The number of esters is 1. The van der Waals surface area contributed by atoms with E-state index >= 15 is 0 Å². The third-order valence-electron chi connectivity index (χ3n) is 2.87. The minimum atomic E-state index is -4.59. The molecule has 6 nitrogen and oxygen atoms in total. The van der Waals surface area contributed by atoms with Gasteiger partial charge in [-0.2, -0.15) is 18.4 Å². The molecule has 0 radical (unpaired) electrons. The number of ether oxygens (including phenoxy) is 1. The Hall–Kier alpha value is -3.15. The molecule has 2 rings (SSSR count). The Labute approximate surface area is 141 Å². The van der Waals surface area contributed by atoms with Crippen molar-refractivity contribution in [3.8, 4) is 17.5 Å². The minimum absolute atomic E-state index is 0.00974. The van der Waals surface area contributed by atoms with Crippen LogP contribution < -0.4 is 0 Å². The van der Waals surface area contributed by atoms with Crippen LogP contribution in [0.4, 0.5) is 13.2 Å². The molecule has 0 aliphatic heterocycles. The van der Waals surface area contributed by atoms with Gasteiger partial charge >= 0.3 is 12.1 Å². The van der Waals surface area contributed by atoms with Gasteiger partial charge in [-0.3, -0.25) is 0 Å². The largest absolute Gasteiger partial charge is 0.460 e. The Bertz CT molecular complexity index is 848. The summed E-state index contributed by atoms with van der Waals surface area (Å²) >= 11 is 0. The van der Waals surface area contributed by atoms with Crippen molar-refractivity contribution in [2.45, 2.75) is 26.1 Å². The Kier molecular flexibility index (Phi) is 5.22. The molecule has 0 fully saturated rings. The molecule has 0 spiro atoms. The third-order valence-corrected chi connectivity index (χ3v) is 2.87. The Morgan fingerprint density at radius 3 is 2.68 bits per heavy atom. The first-order valence-corrected chi connectivity index (χ1v) is 7.12. The Balaban J connectivity index is 2.29. The highest BCUT2D eigenvalue weighted by atomic mass is 19.4. The number of alkyl halides is 3. The molecule has 130 valence electrons. The highest BCUT2D eigenvalue weighted by molar-refractivity contribution is 5.85. The van der Waals surface area contributed by atoms with Crippen LogP contribution in [0.25, 0.3) is 17.6 Å². The van der Waals surface area contributed by atoms with E-state index < -0.39 is 17.7 Å². The van der Waals surface area contributed by atoms with Crippen molar-refractivity contribution in [1.82, 2.24) is 14.8 Å². The average molecular weight is 350 g/mol. The summed E-state index contributed by atoms with van der Waals surface area (Å²) in [5.41, 5.74) is -1.07. The molecule has 1 aromatic heterocycles. The van der Waals surface area contributed by atoms with E-state index in [1.165, 1.54) is 18.6 Å². The van der Waals surface area contributed by atoms with E-state index in [9.17, 15) is 18.0 Å². The van der Waals surface area contributed by atoms with Gasteiger partial charge in [-0.25, -0.2) is 14.5 Å². The van der Waals surface area contributed by atoms with Gasteiger partial charge in [0.05, 0.1) is 23.3 Å². The molecule has 9 heteroatoms. The lowest BCUT2D eigenvalue weighted by molar-refractivity contribution is -0.141. The summed E-state index contributed by atoms with van der Waals surface area (Å²) < 4.78 is 44.8. The van der Waals surface area contributed by atoms with Crippen LogP contribution in [0, 0.1) is 11.3 Å². The standard InChI is InChI=1S/C16H13F3N4O2/c1-10(2)25-14(24)3-4-23-9-21-15(22-23)12-5-11(8-20)6-13(7-12)16(17,18)19/h3-7,9-10H,1-2H3/b4-3-. The van der Waals surface area contributed by atoms with Gasteiger partial charge in [0.25, 0.3) is 0 Å². The number of carbonyl (C=O) groups is 1. The lowest BCUT2D eigenvalue weighted by Crippen LogP contribution is -2.08. The van der Waals surface area contributed by atoms with Crippen LogP contribution >= 0.6 is 0 Å². The summed E-state index contributed by atoms with van der Waals surface area (Å²) in [5, 5.41) is 12.9. The number of hydrogen-bond donors (Lipinski definition) is 0. The zero-order valence-electron chi connectivity index (χ0n) is 13.3. The summed E-state index contributed by atoms with van der Waals surface area (Å²) in [5.74, 6) is -0.595. The van der Waals surface area contributed by atoms with Gasteiger partial charge in [-0.05, 0) is 32.0 Å². The van der Waals surface area contributed by atoms with Gasteiger partial charge in [0.15, 0.2) is 5.82 Å². The van der Waals surface area contributed by atoms with E-state index in [4.69, 9.17) is 10.00 Å². The Morgan fingerprint density at radius 1 is 1.36 bits per heavy atom. The van der Waals surface area contributed by atoms with Crippen molar-refractivity contribution in [2.24, 2.45) is 0 Å². The van der Waals surface area contributed by atoms with Crippen LogP contribution in [-0.4, -0.2) is 26.8 Å². The van der Waals surface area contributed by atoms with Gasteiger partial charge in [0, 0.05) is 17.8 Å². The molecular weight excluding hydrogens is 337 g/mol. The van der Waals surface area contributed by atoms with Crippen LogP contribution in [0.15, 0.2) is 30.6 Å². The molecule has 0 unspecified atom stereocenters. The summed E-state index contributed by atoms with van der Waals surface area (Å²) in [7, 11) is 0. The van der Waals surface area contributed by atoms with Gasteiger partial charge in [0.2, 0.25) is 0 Å². The fourth-order valence-corrected chi connectivity index (χ4v) is 1.87. The molecule has 0 N–H and O–H groups in total. The SMILES string of the molecule is CC(C)OC(=O)/C=C\n1cnc(-c2cc(C#N)cc(C(F)(F)F)c2)n1. The van der Waals surface area contributed by atoms with Gasteiger partial charge < -0.3 is 4.74 Å². The van der Waals surface area contributed by atoms with Crippen molar-refractivity contribution in [3.05, 3.63) is 41.7 Å². The van der Waals surface area contributed by atoms with Crippen molar-refractivity contribution in [3.63, 3.8) is 0 Å². The van der Waals surface area contributed by atoms with E-state index in [2.05, 4.69) is 10.1 Å². The molecule has 0 amide bonds. The van der Waals surface area contributed by atoms with Gasteiger partial charge in [0.1, 0.15) is 6.33 Å². The number of nitriles is 1. The highest BCUT2D eigenvalue weighted by Gasteiger charge is 2.31. The van der Waals surface area contributed by atoms with Crippen LogP contribution in [0.2, 0.25) is 0 Å². The first kappa shape index (κ1) is 18.2. The molecule has 0 aliphatic rings. The first-order chi connectivity index (χ1) is 11.7. The predicted octanol–water partition coefficient (Wildman–Crippen LogP) is 3.26. The zero-order valence-corrected chi connectivity index (χ0v) is 13.3. The molecule has 0 aliphatic carbocycles. The topological polar surface area (TPSA) is 80.8 Å². The second-order valence-corrected chi connectivity index (χ2v) is 5.26. The second kappa shape index (κ2) is 7.17. The fraction of sp³-hybridized carbons (Fsp3) is 0.250. The van der Waals surface area contributed by atoms with Crippen molar-refractivity contribution in [2.75, 3.05) is 0 Å². The number of halogens is 3. The van der Waals surface area contributed by atoms with Crippen molar-refractivity contribution in [1.29, 1.82) is 5.26 Å². The molecule has 0 saturated heterocycles. The average Bonchev–Trinajstić information content (AvgIpc) is 3.00. The van der Waals surface area contributed by atoms with Gasteiger partial charge in [-0.1, -0.05) is 0 Å². The van der Waals surface area contributed by atoms with Crippen molar-refractivity contribution >= 4 is 12.2 Å². The molecule has 0 bridgehead atoms. The lowest BCUT2D eigenvalue weighted by Gasteiger charge is -2.08. The van der Waals surface area contributed by atoms with E-state index in [-0.39, 0.29) is 23.1 Å². The van der Waals surface area contributed by atoms with E-state index in [1.807, 2.05) is 0 Å². The number of hydrogen-bond acceptors (Lipinski definition) is 5. The zero-order chi connectivity index (χ0) is 18.6. The lowest BCUT2D eigenvalue weighted by atomic mass is 10.1. The predicted molar refractivity (Wildman–Crippen MR) is 81.7 cm³/mol. The number of carbonyl (C=O) groups excluding carboxylic acids is 1. The summed E-state index contributed by atoms with van der Waals surface area (Å²) in [6, 6.07) is 4.54. The molecule has 1 aromatic carbocycles. The minimum Gasteiger partial charge on any atom is -0.460 e. The van der Waals surface area contributed by atoms with Crippen LogP contribution in [-0.2, 0) is 15.7 Å². The summed E-state index contributed by atoms with van der Waals surface area (Å²) in [4.78, 5) is 15.3. The van der Waals surface area contributed by atoms with E-state index in [0.717, 1.165) is 22.9 Å². The maximum Gasteiger partial charge on any atom is 0.416 e. The maximum absolute atomic E-state index is 12.9. The number of aromatic nitrogens is 3. The smallest absolute Gasteiger partial charge is 0.416 e. The normalized spacial score (nSPS) is 11.7. The van der Waals surface area contributed by atoms with E-state index in [0.29, 0.717) is 0 Å². The molecule has 0 atom stereocenters. The van der Waals surface area contributed by atoms with Crippen LogP contribution in [0.5, 0.6) is 0 Å². The number of rotatable bonds is 4. The first-order valence-electron chi connectivity index (χ1n) is 7.12. The monoisotopic (exact) mass is 350 g/mol. The molecule has 0 saturated carbocycles. The molecule has 1 heterocycles. The maximum atomic E-state index is 12.9. The number of nitrogens with zero attached hydrogens (tertiary/aromatic N) is 4. The summed E-state index contributed by atoms with van der Waals surface area (Å²) in [6.07, 6.45) is -1.27. The summed E-state index contributed by atoms with van der Waals surface area (Å²) in [6.45, 7) is 3.39. The Morgan fingerprint density at radius 2 is 2.08 bits per heavy atom. The quantitative estimate of drug-likeness (QED) is 0.624. The molecular formula is C16H13F3N4O2. The number of benzene rings is 1. The van der Waals surface area contributed by atoms with Crippen molar-refractivity contribution < 1.29 is 22.7 Å². The molecule has 2 aromatic rings. The van der Waals surface area contributed by atoms with Crippen LogP contribution in [0.3, 0.4) is 0 Å².